The molecule has 21 heavy (non-hydrogen) atoms. The lowest BCUT2D eigenvalue weighted by atomic mass is 9.91. The van der Waals surface area contributed by atoms with Crippen molar-refractivity contribution in [3.05, 3.63) is 35.1 Å². The summed E-state index contributed by atoms with van der Waals surface area (Å²) in [6, 6.07) is 4.29. The Hall–Kier alpha value is -1.86. The summed E-state index contributed by atoms with van der Waals surface area (Å²) < 4.78 is 13.5. The second kappa shape index (κ2) is 6.73. The van der Waals surface area contributed by atoms with Crippen LogP contribution in [0.4, 0.5) is 4.39 Å². The van der Waals surface area contributed by atoms with Gasteiger partial charge in [0.2, 0.25) is 0 Å². The molecule has 1 aliphatic rings. The number of hydrogen-bond donors (Lipinski definition) is 1. The van der Waals surface area contributed by atoms with Gasteiger partial charge in [-0.25, -0.2) is 4.39 Å². The number of rotatable bonds is 1. The number of benzene rings is 1. The predicted octanol–water partition coefficient (Wildman–Crippen LogP) is 2.40. The first-order valence-electron chi connectivity index (χ1n) is 7.34. The van der Waals surface area contributed by atoms with E-state index in [1.165, 1.54) is 12.1 Å². The molecule has 0 aromatic heterocycles. The summed E-state index contributed by atoms with van der Waals surface area (Å²) in [6.45, 7) is 5.11. The lowest BCUT2D eigenvalue weighted by molar-refractivity contribution is 0.0550. The molecule has 1 heterocycles. The van der Waals surface area contributed by atoms with E-state index in [0.717, 1.165) is 12.8 Å². The average Bonchev–Trinajstić information content (AvgIpc) is 2.48. The first-order chi connectivity index (χ1) is 10.0. The topological polar surface area (TPSA) is 46.3 Å². The van der Waals surface area contributed by atoms with Crippen molar-refractivity contribution in [2.75, 3.05) is 13.1 Å². The van der Waals surface area contributed by atoms with E-state index < -0.39 is 5.82 Å². The zero-order chi connectivity index (χ0) is 15.4. The van der Waals surface area contributed by atoms with Gasteiger partial charge < -0.3 is 10.6 Å². The van der Waals surface area contributed by atoms with Gasteiger partial charge in [-0.1, -0.05) is 18.8 Å². The molecule has 3 nitrogen and oxygen atoms in total. The summed E-state index contributed by atoms with van der Waals surface area (Å²) >= 11 is 0. The fraction of sp³-hybridized carbons (Fsp3) is 0.471. The molecule has 4 heteroatoms. The van der Waals surface area contributed by atoms with Gasteiger partial charge in [0.05, 0.1) is 12.1 Å². The second-order valence-corrected chi connectivity index (χ2v) is 5.55. The van der Waals surface area contributed by atoms with Gasteiger partial charge in [0.25, 0.3) is 5.91 Å². The van der Waals surface area contributed by atoms with Crippen LogP contribution in [-0.2, 0) is 0 Å². The van der Waals surface area contributed by atoms with Crippen LogP contribution in [0.5, 0.6) is 0 Å². The summed E-state index contributed by atoms with van der Waals surface area (Å²) in [5.41, 5.74) is 6.24. The van der Waals surface area contributed by atoms with E-state index in [1.54, 1.807) is 6.07 Å². The largest absolute Gasteiger partial charge is 0.336 e. The van der Waals surface area contributed by atoms with E-state index in [0.29, 0.717) is 23.6 Å². The molecule has 2 N–H and O–H groups in total. The number of hydrogen-bond acceptors (Lipinski definition) is 2. The van der Waals surface area contributed by atoms with Crippen molar-refractivity contribution in [3.63, 3.8) is 0 Å². The van der Waals surface area contributed by atoms with Crippen molar-refractivity contribution in [2.24, 2.45) is 11.7 Å². The van der Waals surface area contributed by atoms with Gasteiger partial charge in [-0.2, -0.15) is 0 Å². The minimum atomic E-state index is -0.422. The van der Waals surface area contributed by atoms with Crippen LogP contribution in [0.1, 0.15) is 42.6 Å². The Kier molecular flexibility index (Phi) is 4.98. The Labute approximate surface area is 125 Å². The Bertz CT molecular complexity index is 588. The lowest BCUT2D eigenvalue weighted by Gasteiger charge is -2.38. The Morgan fingerprint density at radius 3 is 2.95 bits per heavy atom. The van der Waals surface area contributed by atoms with Crippen molar-refractivity contribution < 1.29 is 9.18 Å². The van der Waals surface area contributed by atoms with E-state index in [2.05, 4.69) is 18.8 Å². The number of likely N-dealkylation sites (tertiary alicyclic amines) is 1. The first-order valence-corrected chi connectivity index (χ1v) is 7.34. The van der Waals surface area contributed by atoms with Gasteiger partial charge in [-0.15, -0.1) is 0 Å². The molecule has 1 amide bonds. The SMILES string of the molecule is CC1CCCN(C(=O)c2cc(F)ccc2C#CCN)C1C. The van der Waals surface area contributed by atoms with Crippen LogP contribution in [0.2, 0.25) is 0 Å². The van der Waals surface area contributed by atoms with Crippen LogP contribution >= 0.6 is 0 Å². The molecule has 0 bridgehead atoms. The zero-order valence-corrected chi connectivity index (χ0v) is 12.5. The van der Waals surface area contributed by atoms with Crippen LogP contribution in [-0.4, -0.2) is 29.9 Å². The summed E-state index contributed by atoms with van der Waals surface area (Å²) in [5, 5.41) is 0. The van der Waals surface area contributed by atoms with Crippen LogP contribution in [0.25, 0.3) is 0 Å². The van der Waals surface area contributed by atoms with Gasteiger partial charge in [0.15, 0.2) is 0 Å². The molecule has 1 aromatic rings. The summed E-state index contributed by atoms with van der Waals surface area (Å²) in [6.07, 6.45) is 2.10. The van der Waals surface area contributed by atoms with E-state index in [1.807, 2.05) is 11.8 Å². The third-order valence-electron chi connectivity index (χ3n) is 4.17. The second-order valence-electron chi connectivity index (χ2n) is 5.55. The van der Waals surface area contributed by atoms with Crippen LogP contribution in [0.3, 0.4) is 0 Å². The molecular formula is C17H21FN2O. The molecule has 0 radical (unpaired) electrons. The summed E-state index contributed by atoms with van der Waals surface area (Å²) in [7, 11) is 0. The highest BCUT2D eigenvalue weighted by Crippen LogP contribution is 2.25. The third kappa shape index (κ3) is 3.43. The van der Waals surface area contributed by atoms with Crippen molar-refractivity contribution in [2.45, 2.75) is 32.7 Å². The number of nitrogens with two attached hydrogens (primary N) is 1. The van der Waals surface area contributed by atoms with Crippen LogP contribution < -0.4 is 5.73 Å². The average molecular weight is 288 g/mol. The minimum Gasteiger partial charge on any atom is -0.336 e. The number of carbonyl (C=O) groups is 1. The van der Waals surface area contributed by atoms with Crippen molar-refractivity contribution in [1.82, 2.24) is 4.90 Å². The Morgan fingerprint density at radius 1 is 1.48 bits per heavy atom. The normalized spacial score (nSPS) is 21.6. The molecule has 1 aromatic carbocycles. The molecule has 0 saturated carbocycles. The maximum absolute atomic E-state index is 13.5. The van der Waals surface area contributed by atoms with Gasteiger partial charge in [0.1, 0.15) is 5.82 Å². The summed E-state index contributed by atoms with van der Waals surface area (Å²) in [4.78, 5) is 14.6. The zero-order valence-electron chi connectivity index (χ0n) is 12.5. The molecule has 112 valence electrons. The highest BCUT2D eigenvalue weighted by atomic mass is 19.1. The number of piperidine rings is 1. The smallest absolute Gasteiger partial charge is 0.255 e. The van der Waals surface area contributed by atoms with Gasteiger partial charge in [-0.05, 0) is 43.9 Å². The molecule has 0 spiro atoms. The number of carbonyl (C=O) groups excluding carboxylic acids is 1. The van der Waals surface area contributed by atoms with Crippen molar-refractivity contribution in [3.8, 4) is 11.8 Å². The number of amides is 1. The van der Waals surface area contributed by atoms with Gasteiger partial charge >= 0.3 is 0 Å². The fourth-order valence-corrected chi connectivity index (χ4v) is 2.73. The Morgan fingerprint density at radius 2 is 2.24 bits per heavy atom. The molecule has 2 unspecified atom stereocenters. The van der Waals surface area contributed by atoms with Crippen LogP contribution in [0, 0.1) is 23.6 Å². The van der Waals surface area contributed by atoms with E-state index in [9.17, 15) is 9.18 Å². The molecular weight excluding hydrogens is 267 g/mol. The molecule has 2 atom stereocenters. The highest BCUT2D eigenvalue weighted by molar-refractivity contribution is 5.97. The number of halogens is 1. The van der Waals surface area contributed by atoms with E-state index >= 15 is 0 Å². The van der Waals surface area contributed by atoms with Crippen molar-refractivity contribution >= 4 is 5.91 Å². The van der Waals surface area contributed by atoms with Gasteiger partial charge in [0, 0.05) is 18.2 Å². The molecule has 1 aliphatic heterocycles. The fourth-order valence-electron chi connectivity index (χ4n) is 2.73. The molecule has 2 rings (SSSR count). The third-order valence-corrected chi connectivity index (χ3v) is 4.17. The van der Waals surface area contributed by atoms with E-state index in [4.69, 9.17) is 5.73 Å². The highest BCUT2D eigenvalue weighted by Gasteiger charge is 2.30. The quantitative estimate of drug-likeness (QED) is 0.807. The van der Waals surface area contributed by atoms with E-state index in [-0.39, 0.29) is 18.5 Å². The number of nitrogens with zero attached hydrogens (tertiary/aromatic N) is 1. The van der Waals surface area contributed by atoms with Crippen molar-refractivity contribution in [1.29, 1.82) is 0 Å². The van der Waals surface area contributed by atoms with Crippen LogP contribution in [0.15, 0.2) is 18.2 Å². The predicted molar refractivity (Wildman–Crippen MR) is 81.2 cm³/mol. The molecule has 0 aliphatic carbocycles. The Balaban J connectivity index is 2.35. The maximum Gasteiger partial charge on any atom is 0.255 e. The van der Waals surface area contributed by atoms with Gasteiger partial charge in [-0.3, -0.25) is 4.79 Å². The molecule has 1 fully saturated rings. The molecule has 1 saturated heterocycles. The summed E-state index contributed by atoms with van der Waals surface area (Å²) in [5.74, 6) is 5.47. The first kappa shape index (κ1) is 15.5. The minimum absolute atomic E-state index is 0.144. The monoisotopic (exact) mass is 288 g/mol. The lowest BCUT2D eigenvalue weighted by Crippen LogP contribution is -2.46. The standard InChI is InChI=1S/C17H21FN2O/c1-12-5-4-10-20(13(12)2)17(21)16-11-15(18)8-7-14(16)6-3-9-19/h7-8,11-13H,4-5,9-10,19H2,1-2H3. The maximum atomic E-state index is 13.5.